The first-order valence-electron chi connectivity index (χ1n) is 11.7. The minimum Gasteiger partial charge on any atom is -0.381 e. The number of nitrogens with one attached hydrogen (secondary N) is 2. The summed E-state index contributed by atoms with van der Waals surface area (Å²) >= 11 is 0. The van der Waals surface area contributed by atoms with E-state index in [1.807, 2.05) is 0 Å². The van der Waals surface area contributed by atoms with Crippen LogP contribution in [-0.4, -0.2) is 86.9 Å². The lowest BCUT2D eigenvalue weighted by atomic mass is 9.89. The van der Waals surface area contributed by atoms with Crippen LogP contribution in [0.4, 0.5) is 0 Å². The van der Waals surface area contributed by atoms with Gasteiger partial charge in [-0.3, -0.25) is 4.99 Å². The van der Waals surface area contributed by atoms with Crippen LogP contribution in [0.15, 0.2) is 4.99 Å². The molecule has 162 valence electrons. The van der Waals surface area contributed by atoms with Gasteiger partial charge in [0.15, 0.2) is 5.96 Å². The molecule has 0 spiro atoms. The molecule has 3 fully saturated rings. The number of hydrogen-bond donors (Lipinski definition) is 2. The molecule has 1 aliphatic carbocycles. The highest BCUT2D eigenvalue weighted by Crippen LogP contribution is 2.27. The number of rotatable bonds is 6. The van der Waals surface area contributed by atoms with Gasteiger partial charge < -0.3 is 25.2 Å². The molecule has 0 unspecified atom stereocenters. The molecule has 2 heterocycles. The number of guanidine groups is 1. The zero-order valence-electron chi connectivity index (χ0n) is 18.5. The average molecular weight is 394 g/mol. The lowest BCUT2D eigenvalue weighted by Crippen LogP contribution is -2.53. The molecule has 28 heavy (non-hydrogen) atoms. The first kappa shape index (κ1) is 21.8. The highest BCUT2D eigenvalue weighted by atomic mass is 16.5. The molecule has 0 radical (unpaired) electrons. The number of hydrogen-bond acceptors (Lipinski definition) is 4. The van der Waals surface area contributed by atoms with E-state index in [0.29, 0.717) is 6.04 Å². The third-order valence-electron chi connectivity index (χ3n) is 7.21. The van der Waals surface area contributed by atoms with Gasteiger partial charge in [-0.05, 0) is 59.5 Å². The largest absolute Gasteiger partial charge is 0.381 e. The van der Waals surface area contributed by atoms with E-state index in [2.05, 4.69) is 41.5 Å². The molecule has 6 nitrogen and oxygen atoms in total. The summed E-state index contributed by atoms with van der Waals surface area (Å²) in [5, 5.41) is 7.21. The zero-order valence-corrected chi connectivity index (χ0v) is 18.5. The normalized spacial score (nSPS) is 25.8. The van der Waals surface area contributed by atoms with E-state index in [-0.39, 0.29) is 5.54 Å². The molecule has 1 saturated carbocycles. The molecular weight excluding hydrogens is 350 g/mol. The van der Waals surface area contributed by atoms with E-state index in [0.717, 1.165) is 51.1 Å². The second-order valence-corrected chi connectivity index (χ2v) is 9.17. The van der Waals surface area contributed by atoms with Crippen molar-refractivity contribution in [1.82, 2.24) is 20.4 Å². The lowest BCUT2D eigenvalue weighted by Gasteiger charge is -2.42. The van der Waals surface area contributed by atoms with Crippen molar-refractivity contribution < 1.29 is 4.74 Å². The maximum absolute atomic E-state index is 5.60. The van der Waals surface area contributed by atoms with Crippen LogP contribution in [0.2, 0.25) is 0 Å². The molecule has 3 aliphatic rings. The minimum absolute atomic E-state index is 0.130. The van der Waals surface area contributed by atoms with Crippen LogP contribution in [0.1, 0.15) is 64.7 Å². The number of nitrogens with zero attached hydrogens (tertiary/aromatic N) is 3. The molecule has 0 bridgehead atoms. The molecule has 3 rings (SSSR count). The van der Waals surface area contributed by atoms with E-state index in [1.165, 1.54) is 58.0 Å². The van der Waals surface area contributed by atoms with Gasteiger partial charge in [0.05, 0.1) is 6.54 Å². The quantitative estimate of drug-likeness (QED) is 0.536. The van der Waals surface area contributed by atoms with Crippen LogP contribution in [0, 0.1) is 0 Å². The van der Waals surface area contributed by atoms with Crippen molar-refractivity contribution in [2.75, 3.05) is 53.5 Å². The summed E-state index contributed by atoms with van der Waals surface area (Å²) in [4.78, 5) is 10.1. The molecule has 0 atom stereocenters. The molecule has 0 aromatic carbocycles. The predicted octanol–water partition coefficient (Wildman–Crippen LogP) is 2.45. The van der Waals surface area contributed by atoms with E-state index in [1.54, 1.807) is 0 Å². The van der Waals surface area contributed by atoms with Gasteiger partial charge in [0.2, 0.25) is 0 Å². The maximum atomic E-state index is 5.60. The Labute approximate surface area is 172 Å². The van der Waals surface area contributed by atoms with E-state index < -0.39 is 0 Å². The molecule has 0 amide bonds. The van der Waals surface area contributed by atoms with E-state index >= 15 is 0 Å². The standard InChI is InChI=1S/C22H43N5O/c1-4-23-21(24-18-22(26(2)3)12-16-28-17-13-22)25-19-10-14-27(15-11-19)20-8-6-5-7-9-20/h19-20H,4-18H2,1-3H3,(H2,23,24,25). The second-order valence-electron chi connectivity index (χ2n) is 9.17. The van der Waals surface area contributed by atoms with E-state index in [4.69, 9.17) is 9.73 Å². The van der Waals surface area contributed by atoms with Crippen LogP contribution >= 0.6 is 0 Å². The van der Waals surface area contributed by atoms with Crippen molar-refractivity contribution in [1.29, 1.82) is 0 Å². The molecule has 0 aromatic heterocycles. The van der Waals surface area contributed by atoms with Crippen molar-refractivity contribution in [2.24, 2.45) is 4.99 Å². The van der Waals surface area contributed by atoms with Crippen LogP contribution in [0.25, 0.3) is 0 Å². The summed E-state index contributed by atoms with van der Waals surface area (Å²) in [6, 6.07) is 1.40. The lowest BCUT2D eigenvalue weighted by molar-refractivity contribution is -0.00256. The van der Waals surface area contributed by atoms with Crippen LogP contribution < -0.4 is 10.6 Å². The Morgan fingerprint density at radius 2 is 1.75 bits per heavy atom. The van der Waals surface area contributed by atoms with Crippen molar-refractivity contribution >= 4 is 5.96 Å². The first-order chi connectivity index (χ1) is 13.6. The topological polar surface area (TPSA) is 52.1 Å². The maximum Gasteiger partial charge on any atom is 0.191 e. The molecule has 2 N–H and O–H groups in total. The van der Waals surface area contributed by atoms with Crippen LogP contribution in [-0.2, 0) is 4.74 Å². The SMILES string of the molecule is CCNC(=NCC1(N(C)C)CCOCC1)NC1CCN(C2CCCCC2)CC1. The molecule has 6 heteroatoms. The Balaban J connectivity index is 1.52. The summed E-state index contributed by atoms with van der Waals surface area (Å²) in [6.45, 7) is 8.06. The second kappa shape index (κ2) is 10.8. The van der Waals surface area contributed by atoms with Gasteiger partial charge in [0.25, 0.3) is 0 Å². The summed E-state index contributed by atoms with van der Waals surface area (Å²) in [6.07, 6.45) is 11.7. The fourth-order valence-corrected chi connectivity index (χ4v) is 5.09. The van der Waals surface area contributed by atoms with Crippen molar-refractivity contribution in [3.8, 4) is 0 Å². The molecule has 2 saturated heterocycles. The highest BCUT2D eigenvalue weighted by molar-refractivity contribution is 5.80. The fourth-order valence-electron chi connectivity index (χ4n) is 5.09. The smallest absolute Gasteiger partial charge is 0.191 e. The van der Waals surface area contributed by atoms with Gasteiger partial charge in [-0.2, -0.15) is 0 Å². The number of aliphatic imine (C=N–C) groups is 1. The van der Waals surface area contributed by atoms with Crippen molar-refractivity contribution in [2.45, 2.75) is 82.3 Å². The highest BCUT2D eigenvalue weighted by Gasteiger charge is 2.35. The monoisotopic (exact) mass is 393 g/mol. The Hall–Kier alpha value is -0.850. The summed E-state index contributed by atoms with van der Waals surface area (Å²) in [5.41, 5.74) is 0.130. The summed E-state index contributed by atoms with van der Waals surface area (Å²) < 4.78 is 5.60. The van der Waals surface area contributed by atoms with Gasteiger partial charge in [0, 0.05) is 50.5 Å². The Bertz CT molecular complexity index is 475. The van der Waals surface area contributed by atoms with Gasteiger partial charge in [-0.25, -0.2) is 0 Å². The third-order valence-corrected chi connectivity index (χ3v) is 7.21. The molecular formula is C22H43N5O. The van der Waals surface area contributed by atoms with Crippen LogP contribution in [0.5, 0.6) is 0 Å². The van der Waals surface area contributed by atoms with Gasteiger partial charge in [0.1, 0.15) is 0 Å². The minimum atomic E-state index is 0.130. The van der Waals surface area contributed by atoms with Gasteiger partial charge >= 0.3 is 0 Å². The van der Waals surface area contributed by atoms with Crippen molar-refractivity contribution in [3.05, 3.63) is 0 Å². The summed E-state index contributed by atoms with van der Waals surface area (Å²) in [7, 11) is 4.37. The Morgan fingerprint density at radius 3 is 2.36 bits per heavy atom. The zero-order chi connectivity index (χ0) is 19.8. The number of piperidine rings is 1. The number of likely N-dealkylation sites (tertiary alicyclic amines) is 1. The van der Waals surface area contributed by atoms with Crippen molar-refractivity contribution in [3.63, 3.8) is 0 Å². The van der Waals surface area contributed by atoms with Gasteiger partial charge in [-0.15, -0.1) is 0 Å². The number of likely N-dealkylation sites (N-methyl/N-ethyl adjacent to an activating group) is 1. The Kier molecular flexibility index (Phi) is 8.42. The fraction of sp³-hybridized carbons (Fsp3) is 0.955. The van der Waals surface area contributed by atoms with E-state index in [9.17, 15) is 0 Å². The molecule has 2 aliphatic heterocycles. The average Bonchev–Trinajstić information content (AvgIpc) is 2.74. The first-order valence-corrected chi connectivity index (χ1v) is 11.7. The third kappa shape index (κ3) is 5.83. The molecule has 0 aromatic rings. The number of ether oxygens (including phenoxy) is 1. The Morgan fingerprint density at radius 1 is 1.07 bits per heavy atom. The summed E-state index contributed by atoms with van der Waals surface area (Å²) in [5.74, 6) is 0.992. The van der Waals surface area contributed by atoms with Crippen LogP contribution in [0.3, 0.4) is 0 Å². The van der Waals surface area contributed by atoms with Gasteiger partial charge in [-0.1, -0.05) is 19.3 Å². The predicted molar refractivity (Wildman–Crippen MR) is 117 cm³/mol.